The van der Waals surface area contributed by atoms with Crippen molar-refractivity contribution in [2.24, 2.45) is 65.8 Å². The van der Waals surface area contributed by atoms with E-state index >= 15 is 0 Å². The van der Waals surface area contributed by atoms with Gasteiger partial charge in [0.2, 0.25) is 5.91 Å². The third-order valence-corrected chi connectivity index (χ3v) is 12.8. The van der Waals surface area contributed by atoms with Gasteiger partial charge >= 0.3 is 0 Å². The number of guanidine groups is 4. The number of hydrogen-bond acceptors (Lipinski definition) is 16. The van der Waals surface area contributed by atoms with Crippen LogP contribution in [0, 0.1) is 0 Å². The number of aromatic nitrogens is 1. The number of aliphatic hydroxyl groups is 3. The first kappa shape index (κ1) is 50.0. The van der Waals surface area contributed by atoms with Crippen LogP contribution in [0.25, 0.3) is 21.8 Å². The molecule has 10 atom stereocenters. The van der Waals surface area contributed by atoms with E-state index in [4.69, 9.17) is 81.4 Å². The van der Waals surface area contributed by atoms with Crippen molar-refractivity contribution in [3.63, 3.8) is 0 Å². The molecule has 2 aromatic carbocycles. The van der Waals surface area contributed by atoms with E-state index in [9.17, 15) is 20.1 Å². The summed E-state index contributed by atoms with van der Waals surface area (Å²) in [7, 11) is 4.54. The average molecular weight is 953 g/mol. The Morgan fingerprint density at radius 1 is 0.844 bits per heavy atom. The molecule has 1 saturated heterocycles. The number of anilines is 1. The van der Waals surface area contributed by atoms with Crippen molar-refractivity contribution < 1.29 is 39.1 Å². The molecule has 0 spiro atoms. The zero-order chi connectivity index (χ0) is 46.5. The fourth-order valence-electron chi connectivity index (χ4n) is 7.29. The van der Waals surface area contributed by atoms with Crippen LogP contribution in [0.4, 0.5) is 5.69 Å². The first-order chi connectivity index (χ1) is 30.6. The number of aliphatic hydroxyl groups excluding tert-OH is 3. The van der Waals surface area contributed by atoms with Gasteiger partial charge in [-0.1, -0.05) is 33.2 Å². The lowest BCUT2D eigenvalue weighted by molar-refractivity contribution is -0.290. The first-order valence-electron chi connectivity index (χ1n) is 20.2. The summed E-state index contributed by atoms with van der Waals surface area (Å²) in [4.78, 5) is 33.9. The number of amides is 1. The SMILES string of the molecule is COc1ccc2nc3cc(Cl)ccc3c(NCCCNC(=O)CCSSCCO[C@@H]3[C@@H](O)[C@H](N=C(N)N)C[C@H](N=C(N)N)[C@H]3O[C@H]3O[C@H](CN=C(N)N)[C@@H](O)[C@H](O)[C@H]3N=C(N)N)c2c1. The Morgan fingerprint density at radius 3 is 2.27 bits per heavy atom. The summed E-state index contributed by atoms with van der Waals surface area (Å²) in [6.45, 7) is 0.892. The molecular formula is C38H58ClN15O8S2. The van der Waals surface area contributed by atoms with E-state index in [0.717, 1.165) is 27.5 Å². The standard InChI is InChI=1S/C38H58ClN15O8S2/c1-59-18-4-6-21-20(14-18)27(19-5-3-17(39)13-22(19)51-21)49-9-2-8-48-26(55)7-11-63-64-12-10-60-33-29(56)23(52-36(42)43)15-24(53-37(44)45)32(33)62-34-28(54-38(46)47)31(58)30(57)25(61-34)16-50-35(40)41/h3-6,13-14,23-25,28-34,56-58H,2,7-12,15-16H2,1H3,(H,48,55)(H,49,51)(H4,40,41,50)(H4,42,43,52)(H4,44,45,53)(H4,46,47,54)/t23-,24+,25-,28-,29+,30-,31-,32-,33-,34-/m1/s1. The first-order valence-corrected chi connectivity index (χ1v) is 23.0. The molecule has 2 aliphatic rings. The molecule has 1 saturated carbocycles. The summed E-state index contributed by atoms with van der Waals surface area (Å²) in [5.41, 5.74) is 47.8. The molecule has 1 amide bonds. The molecule has 1 aliphatic heterocycles. The summed E-state index contributed by atoms with van der Waals surface area (Å²) < 4.78 is 24.1. The van der Waals surface area contributed by atoms with Gasteiger partial charge in [-0.05, 0) is 49.2 Å². The molecule has 1 aliphatic carbocycles. The van der Waals surface area contributed by atoms with Crippen molar-refractivity contribution in [1.29, 1.82) is 0 Å². The van der Waals surface area contributed by atoms with E-state index in [-0.39, 0.29) is 49.8 Å². The number of halogens is 1. The Balaban J connectivity index is 1.14. The van der Waals surface area contributed by atoms with Crippen LogP contribution in [-0.2, 0) is 19.0 Å². The lowest BCUT2D eigenvalue weighted by Crippen LogP contribution is -2.63. The molecule has 23 nitrogen and oxygen atoms in total. The lowest BCUT2D eigenvalue weighted by atomic mass is 9.83. The summed E-state index contributed by atoms with van der Waals surface area (Å²) in [5.74, 6) is 0.251. The van der Waals surface area contributed by atoms with Crippen LogP contribution in [0.2, 0.25) is 5.02 Å². The van der Waals surface area contributed by atoms with Gasteiger partial charge in [0.05, 0.1) is 49.1 Å². The Kier molecular flexibility index (Phi) is 18.6. The van der Waals surface area contributed by atoms with Crippen molar-refractivity contribution in [2.75, 3.05) is 50.2 Å². The number of fused-ring (bicyclic) bond motifs is 2. The highest BCUT2D eigenvalue weighted by Crippen LogP contribution is 2.36. The number of benzene rings is 2. The molecule has 1 aromatic heterocycles. The quantitative estimate of drug-likeness (QED) is 0.0179. The van der Waals surface area contributed by atoms with Crippen LogP contribution in [0.5, 0.6) is 5.75 Å². The number of carbonyl (C=O) groups excluding carboxylic acids is 1. The predicted molar refractivity (Wildman–Crippen MR) is 252 cm³/mol. The van der Waals surface area contributed by atoms with Crippen LogP contribution in [0.1, 0.15) is 19.3 Å². The van der Waals surface area contributed by atoms with E-state index in [1.165, 1.54) is 21.6 Å². The summed E-state index contributed by atoms with van der Waals surface area (Å²) >= 11 is 6.26. The molecule has 2 fully saturated rings. The Bertz CT molecular complexity index is 2160. The molecule has 2 heterocycles. The molecule has 0 unspecified atom stereocenters. The largest absolute Gasteiger partial charge is 0.497 e. The van der Waals surface area contributed by atoms with Gasteiger partial charge in [-0.25, -0.2) is 20.0 Å². The number of nitrogens with two attached hydrogens (primary N) is 8. The number of ether oxygens (including phenoxy) is 4. The van der Waals surface area contributed by atoms with Gasteiger partial charge in [-0.15, -0.1) is 0 Å². The molecule has 0 bridgehead atoms. The molecule has 0 radical (unpaired) electrons. The highest BCUT2D eigenvalue weighted by molar-refractivity contribution is 8.76. The second kappa shape index (κ2) is 23.8. The maximum Gasteiger partial charge on any atom is 0.220 e. The third kappa shape index (κ3) is 13.8. The van der Waals surface area contributed by atoms with Crippen molar-refractivity contribution in [3.8, 4) is 5.75 Å². The van der Waals surface area contributed by atoms with E-state index < -0.39 is 67.0 Å². The fraction of sp³-hybridized carbons (Fsp3) is 0.526. The van der Waals surface area contributed by atoms with E-state index in [1.807, 2.05) is 36.4 Å². The fourth-order valence-corrected chi connectivity index (χ4v) is 9.29. The van der Waals surface area contributed by atoms with Gasteiger partial charge in [-0.2, -0.15) is 0 Å². The van der Waals surface area contributed by atoms with Gasteiger partial charge in [0.15, 0.2) is 30.1 Å². The summed E-state index contributed by atoms with van der Waals surface area (Å²) in [6, 6.07) is 8.09. The maximum absolute atomic E-state index is 12.7. The van der Waals surface area contributed by atoms with Gasteiger partial charge in [0, 0.05) is 46.8 Å². The van der Waals surface area contributed by atoms with Gasteiger partial charge in [0.25, 0.3) is 0 Å². The van der Waals surface area contributed by atoms with Crippen LogP contribution >= 0.6 is 33.2 Å². The maximum atomic E-state index is 12.7. The summed E-state index contributed by atoms with van der Waals surface area (Å²) in [5, 5.41) is 42.4. The predicted octanol–water partition coefficient (Wildman–Crippen LogP) is -2.08. The molecule has 26 heteroatoms. The Labute approximate surface area is 381 Å². The molecule has 5 rings (SSSR count). The van der Waals surface area contributed by atoms with Crippen molar-refractivity contribution >= 4 is 90.4 Å². The van der Waals surface area contributed by atoms with Gasteiger partial charge < -0.3 is 90.8 Å². The van der Waals surface area contributed by atoms with Crippen molar-refractivity contribution in [2.45, 2.75) is 80.3 Å². The van der Waals surface area contributed by atoms with E-state index in [0.29, 0.717) is 41.8 Å². The van der Waals surface area contributed by atoms with Crippen LogP contribution < -0.4 is 61.2 Å². The van der Waals surface area contributed by atoms with Crippen LogP contribution in [-0.4, -0.2) is 156 Å². The number of pyridine rings is 1. The number of hydrogen-bond donors (Lipinski definition) is 13. The second-order valence-electron chi connectivity index (χ2n) is 14.8. The third-order valence-electron chi connectivity index (χ3n) is 10.2. The number of aliphatic imine (C=N–C) groups is 4. The van der Waals surface area contributed by atoms with Crippen molar-refractivity contribution in [3.05, 3.63) is 41.4 Å². The van der Waals surface area contributed by atoms with E-state index in [2.05, 4.69) is 30.6 Å². The smallest absolute Gasteiger partial charge is 0.220 e. The number of rotatable bonds is 21. The topological polar surface area (TPSA) is 409 Å². The van der Waals surface area contributed by atoms with Crippen LogP contribution in [0.15, 0.2) is 56.4 Å². The Morgan fingerprint density at radius 2 is 1.56 bits per heavy atom. The highest BCUT2D eigenvalue weighted by Gasteiger charge is 2.51. The number of nitrogens with one attached hydrogen (secondary N) is 2. The highest BCUT2D eigenvalue weighted by atomic mass is 35.5. The molecular weight excluding hydrogens is 894 g/mol. The average Bonchev–Trinajstić information content (AvgIpc) is 3.23. The Hall–Kier alpha value is -4.99. The minimum atomic E-state index is -1.61. The second-order valence-corrected chi connectivity index (χ2v) is 17.9. The van der Waals surface area contributed by atoms with E-state index in [1.54, 1.807) is 7.11 Å². The van der Waals surface area contributed by atoms with Gasteiger partial charge in [0.1, 0.15) is 48.4 Å². The summed E-state index contributed by atoms with van der Waals surface area (Å²) in [6.07, 6.45) is -8.52. The zero-order valence-corrected chi connectivity index (χ0v) is 37.4. The van der Waals surface area contributed by atoms with Gasteiger partial charge in [-0.3, -0.25) is 9.79 Å². The molecule has 64 heavy (non-hydrogen) atoms. The molecule has 3 aromatic rings. The van der Waals surface area contributed by atoms with Crippen molar-refractivity contribution in [1.82, 2.24) is 10.3 Å². The number of nitrogens with zero attached hydrogens (tertiary/aromatic N) is 5. The number of carbonyl (C=O) groups is 1. The molecule has 352 valence electrons. The minimum absolute atomic E-state index is 0.00255. The van der Waals surface area contributed by atoms with Crippen LogP contribution in [0.3, 0.4) is 0 Å². The number of methoxy groups -OCH3 is 1. The zero-order valence-electron chi connectivity index (χ0n) is 35.0. The normalized spacial score (nSPS) is 25.5. The molecule has 21 N–H and O–H groups in total. The minimum Gasteiger partial charge on any atom is -0.497 e. The lowest BCUT2D eigenvalue weighted by Gasteiger charge is -2.46. The monoisotopic (exact) mass is 951 g/mol.